The molecule has 0 aliphatic carbocycles. The maximum Gasteiger partial charge on any atom is 0.234 e. The zero-order valence-electron chi connectivity index (χ0n) is 11.4. The highest BCUT2D eigenvalue weighted by molar-refractivity contribution is 5.35. The first-order chi connectivity index (χ1) is 8.43. The molecule has 0 fully saturated rings. The number of nitrogens with zero attached hydrogens (tertiary/aromatic N) is 3. The minimum absolute atomic E-state index is 0.0973. The Morgan fingerprint density at radius 3 is 2.78 bits per heavy atom. The third-order valence-electron chi connectivity index (χ3n) is 3.01. The van der Waals surface area contributed by atoms with Gasteiger partial charge in [0.05, 0.1) is 18.5 Å². The van der Waals surface area contributed by atoms with E-state index in [1.165, 1.54) is 0 Å². The van der Waals surface area contributed by atoms with Gasteiger partial charge in [0.25, 0.3) is 0 Å². The Bertz CT molecular complexity index is 559. The van der Waals surface area contributed by atoms with Crippen LogP contribution < -0.4 is 5.32 Å². The molecule has 2 rings (SSSR count). The molecule has 0 unspecified atom stereocenters. The van der Waals surface area contributed by atoms with Crippen LogP contribution in [0.1, 0.15) is 30.9 Å². The van der Waals surface area contributed by atoms with Gasteiger partial charge in [-0.3, -0.25) is 4.40 Å². The Balaban J connectivity index is 2.30. The van der Waals surface area contributed by atoms with Gasteiger partial charge in [0.2, 0.25) is 5.78 Å². The molecule has 2 aromatic rings. The Kier molecular flexibility index (Phi) is 3.36. The van der Waals surface area contributed by atoms with Crippen LogP contribution in [-0.4, -0.2) is 31.6 Å². The molecule has 5 nitrogen and oxygen atoms in total. The number of imidazole rings is 1. The summed E-state index contributed by atoms with van der Waals surface area (Å²) in [6.07, 6.45) is 1.83. The number of aryl methyl sites for hydroxylation is 2. The molecular formula is C13H20N4O. The van der Waals surface area contributed by atoms with Crippen molar-refractivity contribution in [3.05, 3.63) is 29.3 Å². The van der Waals surface area contributed by atoms with E-state index in [2.05, 4.69) is 15.3 Å². The van der Waals surface area contributed by atoms with Gasteiger partial charge in [-0.05, 0) is 33.8 Å². The Labute approximate surface area is 107 Å². The van der Waals surface area contributed by atoms with E-state index in [1.54, 1.807) is 0 Å². The zero-order valence-corrected chi connectivity index (χ0v) is 11.4. The molecule has 18 heavy (non-hydrogen) atoms. The van der Waals surface area contributed by atoms with E-state index in [1.807, 2.05) is 44.4 Å². The highest BCUT2D eigenvalue weighted by Gasteiger charge is 2.16. The van der Waals surface area contributed by atoms with Crippen molar-refractivity contribution in [1.29, 1.82) is 0 Å². The fourth-order valence-electron chi connectivity index (χ4n) is 1.91. The lowest BCUT2D eigenvalue weighted by Crippen LogP contribution is -2.42. The quantitative estimate of drug-likeness (QED) is 0.853. The van der Waals surface area contributed by atoms with Crippen LogP contribution in [0.5, 0.6) is 0 Å². The minimum Gasteiger partial charge on any atom is -0.394 e. The molecule has 0 bridgehead atoms. The molecule has 2 heterocycles. The Hall–Kier alpha value is -1.46. The molecule has 0 amide bonds. The molecule has 0 radical (unpaired) electrons. The van der Waals surface area contributed by atoms with Crippen LogP contribution in [0.2, 0.25) is 0 Å². The topological polar surface area (TPSA) is 62.5 Å². The largest absolute Gasteiger partial charge is 0.394 e. The molecule has 0 atom stereocenters. The molecule has 0 aliphatic rings. The minimum atomic E-state index is -0.295. The maximum absolute atomic E-state index is 9.23. The molecule has 0 saturated carbocycles. The zero-order chi connectivity index (χ0) is 13.3. The van der Waals surface area contributed by atoms with Crippen LogP contribution in [-0.2, 0) is 6.54 Å². The van der Waals surface area contributed by atoms with Gasteiger partial charge < -0.3 is 10.4 Å². The number of aliphatic hydroxyl groups excluding tert-OH is 1. The van der Waals surface area contributed by atoms with E-state index < -0.39 is 0 Å². The highest BCUT2D eigenvalue weighted by Crippen LogP contribution is 2.11. The average Bonchev–Trinajstić information content (AvgIpc) is 2.70. The second kappa shape index (κ2) is 4.66. The molecule has 5 heteroatoms. The molecule has 98 valence electrons. The molecule has 0 aromatic carbocycles. The summed E-state index contributed by atoms with van der Waals surface area (Å²) in [6.45, 7) is 8.69. The van der Waals surface area contributed by atoms with Gasteiger partial charge in [0, 0.05) is 23.5 Å². The van der Waals surface area contributed by atoms with E-state index >= 15 is 0 Å². The van der Waals surface area contributed by atoms with E-state index in [4.69, 9.17) is 0 Å². The summed E-state index contributed by atoms with van der Waals surface area (Å²) in [5.74, 6) is 0.728. The highest BCUT2D eigenvalue weighted by atomic mass is 16.3. The van der Waals surface area contributed by atoms with Crippen LogP contribution in [0, 0.1) is 13.8 Å². The second-order valence-corrected chi connectivity index (χ2v) is 5.32. The van der Waals surface area contributed by atoms with Crippen molar-refractivity contribution in [2.75, 3.05) is 6.61 Å². The first-order valence-electron chi connectivity index (χ1n) is 6.09. The monoisotopic (exact) mass is 248 g/mol. The fraction of sp³-hybridized carbons (Fsp3) is 0.538. The third-order valence-corrected chi connectivity index (χ3v) is 3.01. The Morgan fingerprint density at radius 1 is 1.39 bits per heavy atom. The number of aromatic nitrogens is 3. The van der Waals surface area contributed by atoms with Crippen LogP contribution in [0.4, 0.5) is 0 Å². The van der Waals surface area contributed by atoms with Gasteiger partial charge in [-0.15, -0.1) is 0 Å². The van der Waals surface area contributed by atoms with Gasteiger partial charge in [-0.25, -0.2) is 9.97 Å². The first-order valence-corrected chi connectivity index (χ1v) is 6.09. The fourth-order valence-corrected chi connectivity index (χ4v) is 1.91. The number of nitrogens with one attached hydrogen (secondary N) is 1. The van der Waals surface area contributed by atoms with E-state index in [0.717, 1.165) is 22.9 Å². The maximum atomic E-state index is 9.23. The van der Waals surface area contributed by atoms with Crippen molar-refractivity contribution in [3.63, 3.8) is 0 Å². The first kappa shape index (κ1) is 13.0. The van der Waals surface area contributed by atoms with Gasteiger partial charge in [0.1, 0.15) is 0 Å². The molecule has 0 saturated heterocycles. The third kappa shape index (κ3) is 2.52. The summed E-state index contributed by atoms with van der Waals surface area (Å²) in [5, 5.41) is 12.5. The molecule has 2 N–H and O–H groups in total. The number of hydrogen-bond acceptors (Lipinski definition) is 4. The van der Waals surface area contributed by atoms with Crippen LogP contribution in [0.3, 0.4) is 0 Å². The van der Waals surface area contributed by atoms with Gasteiger partial charge in [-0.2, -0.15) is 0 Å². The normalized spacial score (nSPS) is 12.3. The summed E-state index contributed by atoms with van der Waals surface area (Å²) in [6, 6.07) is 2.04. The summed E-state index contributed by atoms with van der Waals surface area (Å²) >= 11 is 0. The van der Waals surface area contributed by atoms with Crippen molar-refractivity contribution >= 4 is 5.78 Å². The lowest BCUT2D eigenvalue weighted by molar-refractivity contribution is 0.187. The van der Waals surface area contributed by atoms with Crippen LogP contribution >= 0.6 is 0 Å². The van der Waals surface area contributed by atoms with Crippen molar-refractivity contribution in [2.24, 2.45) is 0 Å². The number of aliphatic hydroxyl groups is 1. The number of hydrogen-bond donors (Lipinski definition) is 2. The molecule has 0 aliphatic heterocycles. The van der Waals surface area contributed by atoms with Gasteiger partial charge in [-0.1, -0.05) is 0 Å². The van der Waals surface area contributed by atoms with Gasteiger partial charge in [0.15, 0.2) is 0 Å². The summed E-state index contributed by atoms with van der Waals surface area (Å²) in [5.41, 5.74) is 2.85. The van der Waals surface area contributed by atoms with E-state index in [9.17, 15) is 5.11 Å². The van der Waals surface area contributed by atoms with Crippen molar-refractivity contribution in [1.82, 2.24) is 19.7 Å². The summed E-state index contributed by atoms with van der Waals surface area (Å²) in [7, 11) is 0. The van der Waals surface area contributed by atoms with Crippen molar-refractivity contribution in [2.45, 2.75) is 39.8 Å². The lowest BCUT2D eigenvalue weighted by atomic mass is 10.1. The van der Waals surface area contributed by atoms with Crippen molar-refractivity contribution in [3.8, 4) is 0 Å². The smallest absolute Gasteiger partial charge is 0.234 e. The predicted octanol–water partition coefficient (Wildman–Crippen LogP) is 1.21. The van der Waals surface area contributed by atoms with Crippen LogP contribution in [0.25, 0.3) is 5.78 Å². The molecule has 2 aromatic heterocycles. The summed E-state index contributed by atoms with van der Waals surface area (Å²) < 4.78 is 2.04. The SMILES string of the molecule is Cc1cc(C)n2c(CNC(C)(C)CO)cnc2n1. The molecule has 0 spiro atoms. The van der Waals surface area contributed by atoms with Crippen molar-refractivity contribution < 1.29 is 5.11 Å². The Morgan fingerprint density at radius 2 is 2.11 bits per heavy atom. The van der Waals surface area contributed by atoms with Gasteiger partial charge >= 0.3 is 0 Å². The van der Waals surface area contributed by atoms with E-state index in [-0.39, 0.29) is 12.1 Å². The van der Waals surface area contributed by atoms with Crippen LogP contribution in [0.15, 0.2) is 12.3 Å². The average molecular weight is 248 g/mol. The standard InChI is InChI=1S/C13H20N4O/c1-9-5-10(2)17-11(6-14-12(17)16-9)7-15-13(3,4)8-18/h5-6,15,18H,7-8H2,1-4H3. The van der Waals surface area contributed by atoms with E-state index in [0.29, 0.717) is 6.54 Å². The molecular weight excluding hydrogens is 228 g/mol. The number of rotatable bonds is 4. The lowest BCUT2D eigenvalue weighted by Gasteiger charge is -2.23. The second-order valence-electron chi connectivity index (χ2n) is 5.32. The summed E-state index contributed by atoms with van der Waals surface area (Å²) in [4.78, 5) is 8.71. The predicted molar refractivity (Wildman–Crippen MR) is 70.5 cm³/mol. The number of fused-ring (bicyclic) bond motifs is 1.